The molecule has 27 heavy (non-hydrogen) atoms. The fourth-order valence-electron chi connectivity index (χ4n) is 4.36. The number of nitrogens with zero attached hydrogens (tertiary/aromatic N) is 2. The van der Waals surface area contributed by atoms with Gasteiger partial charge in [0.25, 0.3) is 0 Å². The lowest BCUT2D eigenvalue weighted by molar-refractivity contribution is -0.133. The van der Waals surface area contributed by atoms with E-state index in [9.17, 15) is 4.79 Å². The Hall–Kier alpha value is -2.42. The number of hydrogen-bond donors (Lipinski definition) is 0. The molecule has 0 unspecified atom stereocenters. The van der Waals surface area contributed by atoms with Gasteiger partial charge in [0, 0.05) is 36.8 Å². The number of hydrogen-bond acceptors (Lipinski definition) is 2. The second-order valence-electron chi connectivity index (χ2n) is 7.94. The number of rotatable bonds is 4. The number of likely N-dealkylation sites (tertiary alicyclic amines) is 1. The first-order valence-corrected chi connectivity index (χ1v) is 10.2. The molecule has 0 spiro atoms. The molecule has 2 atom stereocenters. The topological polar surface area (TPSA) is 33.2 Å². The molecule has 1 aliphatic carbocycles. The smallest absolute Gasteiger partial charge is 0.223 e. The van der Waals surface area contributed by atoms with E-state index in [-0.39, 0.29) is 0 Å². The molecule has 1 aromatic carbocycles. The Labute approximate surface area is 162 Å². The van der Waals surface area contributed by atoms with Crippen LogP contribution >= 0.6 is 0 Å². The molecule has 4 rings (SSSR count). The Kier molecular flexibility index (Phi) is 5.38. The summed E-state index contributed by atoms with van der Waals surface area (Å²) < 4.78 is 0. The highest BCUT2D eigenvalue weighted by molar-refractivity contribution is 5.77. The van der Waals surface area contributed by atoms with E-state index >= 15 is 0 Å². The zero-order chi connectivity index (χ0) is 18.6. The summed E-state index contributed by atoms with van der Waals surface area (Å²) in [5.74, 6) is 1.09. The number of allylic oxidation sites excluding steroid dienone is 2. The van der Waals surface area contributed by atoms with E-state index in [0.717, 1.165) is 50.2 Å². The standard InChI is InChI=1S/C24H28N2O/c1-18-14-22(20-10-3-2-4-11-20)16-23(25-18)21-12-7-13-26(17-21)24(27)15-19-8-5-6-9-19/h2-5,8,10-11,14,16,19,21H,6-7,9,12-13,15,17H2,1H3/t19-,21+/m0/s1. The van der Waals surface area contributed by atoms with E-state index in [1.165, 1.54) is 11.1 Å². The summed E-state index contributed by atoms with van der Waals surface area (Å²) >= 11 is 0. The molecule has 0 N–H and O–H groups in total. The SMILES string of the molecule is Cc1cc(-c2ccccc2)cc([C@@H]2CCCN(C(=O)C[C@H]3C=CCC3)C2)n1. The Balaban J connectivity index is 1.50. The highest BCUT2D eigenvalue weighted by Gasteiger charge is 2.27. The minimum absolute atomic E-state index is 0.312. The third-order valence-corrected chi connectivity index (χ3v) is 5.82. The fourth-order valence-corrected chi connectivity index (χ4v) is 4.36. The molecule has 2 aromatic rings. The zero-order valence-electron chi connectivity index (χ0n) is 16.1. The van der Waals surface area contributed by atoms with E-state index in [2.05, 4.69) is 60.4 Å². The predicted molar refractivity (Wildman–Crippen MR) is 109 cm³/mol. The minimum atomic E-state index is 0.312. The zero-order valence-corrected chi connectivity index (χ0v) is 16.1. The van der Waals surface area contributed by atoms with Crippen LogP contribution in [0.15, 0.2) is 54.6 Å². The quantitative estimate of drug-likeness (QED) is 0.709. The molecule has 1 saturated heterocycles. The van der Waals surface area contributed by atoms with E-state index in [4.69, 9.17) is 4.98 Å². The van der Waals surface area contributed by atoms with Crippen LogP contribution in [0, 0.1) is 12.8 Å². The van der Waals surface area contributed by atoms with Crippen molar-refractivity contribution in [3.8, 4) is 11.1 Å². The summed E-state index contributed by atoms with van der Waals surface area (Å²) in [6.45, 7) is 3.76. The van der Waals surface area contributed by atoms with Crippen molar-refractivity contribution < 1.29 is 4.79 Å². The largest absolute Gasteiger partial charge is 0.342 e. The molecule has 0 saturated carbocycles. The minimum Gasteiger partial charge on any atom is -0.342 e. The molecular weight excluding hydrogens is 332 g/mol. The van der Waals surface area contributed by atoms with Crippen molar-refractivity contribution in [2.24, 2.45) is 5.92 Å². The molecule has 1 fully saturated rings. The van der Waals surface area contributed by atoms with Crippen LogP contribution in [0.5, 0.6) is 0 Å². The van der Waals surface area contributed by atoms with E-state index in [1.807, 2.05) is 6.07 Å². The third-order valence-electron chi connectivity index (χ3n) is 5.82. The van der Waals surface area contributed by atoms with E-state index in [1.54, 1.807) is 0 Å². The average molecular weight is 361 g/mol. The first-order valence-electron chi connectivity index (χ1n) is 10.2. The number of aromatic nitrogens is 1. The van der Waals surface area contributed by atoms with Gasteiger partial charge < -0.3 is 4.90 Å². The molecule has 3 nitrogen and oxygen atoms in total. The van der Waals surface area contributed by atoms with Crippen LogP contribution in [-0.4, -0.2) is 28.9 Å². The van der Waals surface area contributed by atoms with Crippen LogP contribution in [0.2, 0.25) is 0 Å². The van der Waals surface area contributed by atoms with Gasteiger partial charge in [-0.05, 0) is 61.8 Å². The van der Waals surface area contributed by atoms with Crippen molar-refractivity contribution in [3.63, 3.8) is 0 Å². The van der Waals surface area contributed by atoms with Gasteiger partial charge in [0.2, 0.25) is 5.91 Å². The Morgan fingerprint density at radius 2 is 2.00 bits per heavy atom. The van der Waals surface area contributed by atoms with Crippen LogP contribution in [0.3, 0.4) is 0 Å². The van der Waals surface area contributed by atoms with Crippen molar-refractivity contribution in [1.29, 1.82) is 0 Å². The normalized spacial score (nSPS) is 22.2. The maximum Gasteiger partial charge on any atom is 0.223 e. The Morgan fingerprint density at radius 3 is 2.78 bits per heavy atom. The predicted octanol–water partition coefficient (Wildman–Crippen LogP) is 5.12. The number of pyridine rings is 1. The number of carbonyl (C=O) groups is 1. The fraction of sp³-hybridized carbons (Fsp3) is 0.417. The molecule has 1 aliphatic heterocycles. The highest BCUT2D eigenvalue weighted by atomic mass is 16.2. The number of piperidine rings is 1. The molecule has 0 radical (unpaired) electrons. The summed E-state index contributed by atoms with van der Waals surface area (Å²) in [6, 6.07) is 14.8. The van der Waals surface area contributed by atoms with Gasteiger partial charge in [0.1, 0.15) is 0 Å². The van der Waals surface area contributed by atoms with Gasteiger partial charge in [-0.25, -0.2) is 0 Å². The molecule has 140 valence electrons. The number of benzene rings is 1. The maximum absolute atomic E-state index is 12.8. The molecule has 2 heterocycles. The van der Waals surface area contributed by atoms with Gasteiger partial charge in [-0.3, -0.25) is 9.78 Å². The Bertz CT molecular complexity index is 828. The first kappa shape index (κ1) is 18.0. The number of amides is 1. The molecular formula is C24H28N2O. The van der Waals surface area contributed by atoms with Crippen molar-refractivity contribution in [2.45, 2.75) is 44.9 Å². The molecule has 3 heteroatoms. The van der Waals surface area contributed by atoms with Crippen LogP contribution in [0.25, 0.3) is 11.1 Å². The molecule has 1 amide bonds. The van der Waals surface area contributed by atoms with Gasteiger partial charge in [-0.15, -0.1) is 0 Å². The van der Waals surface area contributed by atoms with Gasteiger partial charge in [0.15, 0.2) is 0 Å². The van der Waals surface area contributed by atoms with Crippen LogP contribution < -0.4 is 0 Å². The van der Waals surface area contributed by atoms with Gasteiger partial charge in [-0.2, -0.15) is 0 Å². The summed E-state index contributed by atoms with van der Waals surface area (Å²) in [6.07, 6.45) is 9.51. The Morgan fingerprint density at radius 1 is 1.15 bits per heavy atom. The third kappa shape index (κ3) is 4.29. The van der Waals surface area contributed by atoms with Crippen LogP contribution in [0.4, 0.5) is 0 Å². The summed E-state index contributed by atoms with van der Waals surface area (Å²) in [4.78, 5) is 19.7. The van der Waals surface area contributed by atoms with Crippen LogP contribution in [0.1, 0.15) is 49.4 Å². The molecule has 2 aliphatic rings. The van der Waals surface area contributed by atoms with Crippen LogP contribution in [-0.2, 0) is 4.79 Å². The number of aryl methyl sites for hydroxylation is 1. The van der Waals surface area contributed by atoms with E-state index < -0.39 is 0 Å². The highest BCUT2D eigenvalue weighted by Crippen LogP contribution is 2.30. The maximum atomic E-state index is 12.8. The lowest BCUT2D eigenvalue weighted by Crippen LogP contribution is -2.39. The van der Waals surface area contributed by atoms with Gasteiger partial charge in [0.05, 0.1) is 0 Å². The van der Waals surface area contributed by atoms with Crippen molar-refractivity contribution in [1.82, 2.24) is 9.88 Å². The summed E-state index contributed by atoms with van der Waals surface area (Å²) in [7, 11) is 0. The van der Waals surface area contributed by atoms with Crippen molar-refractivity contribution >= 4 is 5.91 Å². The molecule has 1 aromatic heterocycles. The van der Waals surface area contributed by atoms with Gasteiger partial charge in [-0.1, -0.05) is 42.5 Å². The molecule has 0 bridgehead atoms. The summed E-state index contributed by atoms with van der Waals surface area (Å²) in [5, 5.41) is 0. The van der Waals surface area contributed by atoms with Crippen molar-refractivity contribution in [2.75, 3.05) is 13.1 Å². The first-order chi connectivity index (χ1) is 13.2. The van der Waals surface area contributed by atoms with Crippen molar-refractivity contribution in [3.05, 3.63) is 66.0 Å². The average Bonchev–Trinajstić information content (AvgIpc) is 3.21. The monoisotopic (exact) mass is 360 g/mol. The lowest BCUT2D eigenvalue weighted by Gasteiger charge is -2.33. The van der Waals surface area contributed by atoms with E-state index in [0.29, 0.717) is 24.2 Å². The van der Waals surface area contributed by atoms with Gasteiger partial charge >= 0.3 is 0 Å². The lowest BCUT2D eigenvalue weighted by atomic mass is 9.91. The number of carbonyl (C=O) groups excluding carboxylic acids is 1. The second kappa shape index (κ2) is 8.08. The summed E-state index contributed by atoms with van der Waals surface area (Å²) in [5.41, 5.74) is 4.62. The second-order valence-corrected chi connectivity index (χ2v) is 7.94.